The van der Waals surface area contributed by atoms with Crippen molar-refractivity contribution in [2.24, 2.45) is 10.6 Å². The van der Waals surface area contributed by atoms with Gasteiger partial charge in [-0.3, -0.25) is 19.0 Å². The third-order valence-corrected chi connectivity index (χ3v) is 5.47. The van der Waals surface area contributed by atoms with Crippen LogP contribution in [-0.2, 0) is 17.9 Å². The zero-order chi connectivity index (χ0) is 22.9. The molecule has 1 saturated heterocycles. The van der Waals surface area contributed by atoms with E-state index in [9.17, 15) is 19.3 Å². The minimum absolute atomic E-state index is 0.0617. The van der Waals surface area contributed by atoms with Gasteiger partial charge < -0.3 is 10.2 Å². The number of rotatable bonds is 6. The second kappa shape index (κ2) is 8.33. The third-order valence-electron chi connectivity index (χ3n) is 5.47. The van der Waals surface area contributed by atoms with Crippen molar-refractivity contribution in [3.8, 4) is 0 Å². The van der Waals surface area contributed by atoms with E-state index in [0.29, 0.717) is 29.8 Å². The van der Waals surface area contributed by atoms with Crippen LogP contribution in [0, 0.1) is 10.3 Å². The Morgan fingerprint density at radius 1 is 1.16 bits per heavy atom. The molecule has 1 aliphatic rings. The highest BCUT2D eigenvalue weighted by atomic mass is 16.3. The molecule has 0 spiro atoms. The maximum atomic E-state index is 13.2. The van der Waals surface area contributed by atoms with Crippen LogP contribution in [-0.4, -0.2) is 39.4 Å². The molecule has 0 bridgehead atoms. The molecule has 4 rings (SSSR count). The van der Waals surface area contributed by atoms with E-state index in [-0.39, 0.29) is 30.0 Å². The van der Waals surface area contributed by atoms with Gasteiger partial charge in [-0.05, 0) is 46.5 Å². The fourth-order valence-electron chi connectivity index (χ4n) is 3.87. The molecular weight excluding hydrogens is 410 g/mol. The highest BCUT2D eigenvalue weighted by molar-refractivity contribution is 5.97. The number of pyridine rings is 2. The zero-order valence-electron chi connectivity index (χ0n) is 17.9. The quantitative estimate of drug-likeness (QED) is 0.600. The predicted molar refractivity (Wildman–Crippen MR) is 119 cm³/mol. The number of carbonyl (C=O) groups is 2. The SMILES string of the molecule is CC1(C)CN(C(=O)Cn2c(=O)c(C(=O)NCc3ccc(N=O)cc3)cc3cccnc32)C1. The van der Waals surface area contributed by atoms with Crippen LogP contribution >= 0.6 is 0 Å². The van der Waals surface area contributed by atoms with Gasteiger partial charge in [-0.25, -0.2) is 4.98 Å². The van der Waals surface area contributed by atoms with Gasteiger partial charge in [-0.1, -0.05) is 26.0 Å². The molecule has 9 nitrogen and oxygen atoms in total. The number of nitrogens with one attached hydrogen (secondary N) is 1. The van der Waals surface area contributed by atoms with Gasteiger partial charge in [0.05, 0.1) is 0 Å². The van der Waals surface area contributed by atoms with E-state index in [0.717, 1.165) is 5.56 Å². The van der Waals surface area contributed by atoms with Crippen molar-refractivity contribution in [1.29, 1.82) is 0 Å². The van der Waals surface area contributed by atoms with E-state index in [1.165, 1.54) is 10.6 Å². The van der Waals surface area contributed by atoms with Crippen molar-refractivity contribution in [2.75, 3.05) is 13.1 Å². The minimum Gasteiger partial charge on any atom is -0.348 e. The first kappa shape index (κ1) is 21.4. The number of likely N-dealkylation sites (tertiary alicyclic amines) is 1. The fraction of sp³-hybridized carbons (Fsp3) is 0.304. The number of amides is 2. The second-order valence-corrected chi connectivity index (χ2v) is 8.72. The Hall–Kier alpha value is -3.88. The summed E-state index contributed by atoms with van der Waals surface area (Å²) in [4.78, 5) is 55.2. The molecule has 1 aromatic carbocycles. The number of aromatic nitrogens is 2. The maximum Gasteiger partial charge on any atom is 0.265 e. The molecule has 2 amide bonds. The van der Waals surface area contributed by atoms with Crippen molar-refractivity contribution in [3.63, 3.8) is 0 Å². The van der Waals surface area contributed by atoms with E-state index in [1.807, 2.05) is 0 Å². The first-order chi connectivity index (χ1) is 15.3. The molecule has 1 fully saturated rings. The number of nitroso groups, excluding NO2 is 1. The molecule has 0 saturated carbocycles. The Bertz CT molecular complexity index is 1260. The highest BCUT2D eigenvalue weighted by Crippen LogP contribution is 2.28. The summed E-state index contributed by atoms with van der Waals surface area (Å²) in [5.74, 6) is -0.732. The molecule has 0 unspecified atom stereocenters. The lowest BCUT2D eigenvalue weighted by atomic mass is 9.84. The van der Waals surface area contributed by atoms with Gasteiger partial charge in [0.2, 0.25) is 5.91 Å². The summed E-state index contributed by atoms with van der Waals surface area (Å²) < 4.78 is 1.27. The van der Waals surface area contributed by atoms with Crippen molar-refractivity contribution < 1.29 is 9.59 Å². The van der Waals surface area contributed by atoms with Gasteiger partial charge >= 0.3 is 0 Å². The van der Waals surface area contributed by atoms with Crippen LogP contribution in [0.1, 0.15) is 29.8 Å². The van der Waals surface area contributed by atoms with Gasteiger partial charge in [0.15, 0.2) is 0 Å². The molecular formula is C23H23N5O4. The summed E-state index contributed by atoms with van der Waals surface area (Å²) >= 11 is 0. The highest BCUT2D eigenvalue weighted by Gasteiger charge is 2.37. The molecule has 0 atom stereocenters. The number of nitrogens with zero attached hydrogens (tertiary/aromatic N) is 4. The molecule has 2 aromatic heterocycles. The van der Waals surface area contributed by atoms with E-state index in [2.05, 4.69) is 29.3 Å². The Balaban J connectivity index is 1.59. The summed E-state index contributed by atoms with van der Waals surface area (Å²) in [6.45, 7) is 5.41. The first-order valence-corrected chi connectivity index (χ1v) is 10.2. The lowest BCUT2D eigenvalue weighted by Gasteiger charge is -2.45. The number of carbonyl (C=O) groups excluding carboxylic acids is 2. The van der Waals surface area contributed by atoms with Crippen molar-refractivity contribution in [1.82, 2.24) is 19.8 Å². The summed E-state index contributed by atoms with van der Waals surface area (Å²) in [6, 6.07) is 11.4. The number of hydrogen-bond acceptors (Lipinski definition) is 6. The van der Waals surface area contributed by atoms with Gasteiger partial charge in [0.25, 0.3) is 11.5 Å². The molecule has 164 valence electrons. The van der Waals surface area contributed by atoms with Crippen molar-refractivity contribution >= 4 is 28.5 Å². The van der Waals surface area contributed by atoms with E-state index < -0.39 is 11.5 Å². The van der Waals surface area contributed by atoms with Gasteiger partial charge in [-0.2, -0.15) is 0 Å². The fourth-order valence-corrected chi connectivity index (χ4v) is 3.87. The van der Waals surface area contributed by atoms with Crippen LogP contribution in [0.5, 0.6) is 0 Å². The molecule has 32 heavy (non-hydrogen) atoms. The minimum atomic E-state index is -0.567. The summed E-state index contributed by atoms with van der Waals surface area (Å²) in [5, 5.41) is 6.15. The average molecular weight is 433 g/mol. The van der Waals surface area contributed by atoms with Crippen LogP contribution < -0.4 is 10.9 Å². The molecule has 9 heteroatoms. The molecule has 1 aliphatic heterocycles. The molecule has 3 heterocycles. The average Bonchev–Trinajstić information content (AvgIpc) is 2.77. The normalized spacial score (nSPS) is 14.6. The van der Waals surface area contributed by atoms with E-state index >= 15 is 0 Å². The van der Waals surface area contributed by atoms with Crippen LogP contribution in [0.3, 0.4) is 0 Å². The largest absolute Gasteiger partial charge is 0.348 e. The monoisotopic (exact) mass is 433 g/mol. The van der Waals surface area contributed by atoms with Crippen molar-refractivity contribution in [3.05, 3.63) is 75.0 Å². The third kappa shape index (κ3) is 4.27. The number of fused-ring (bicyclic) bond motifs is 1. The lowest BCUT2D eigenvalue weighted by molar-refractivity contribution is -0.142. The van der Waals surface area contributed by atoms with E-state index in [4.69, 9.17) is 0 Å². The topological polar surface area (TPSA) is 114 Å². The smallest absolute Gasteiger partial charge is 0.265 e. The molecule has 0 radical (unpaired) electrons. The summed E-state index contributed by atoms with van der Waals surface area (Å²) in [7, 11) is 0. The van der Waals surface area contributed by atoms with Gasteiger partial charge in [-0.15, -0.1) is 4.91 Å². The Kier molecular flexibility index (Phi) is 5.56. The second-order valence-electron chi connectivity index (χ2n) is 8.72. The summed E-state index contributed by atoms with van der Waals surface area (Å²) in [6.07, 6.45) is 1.55. The van der Waals surface area contributed by atoms with Crippen LogP contribution in [0.25, 0.3) is 11.0 Å². The predicted octanol–water partition coefficient (Wildman–Crippen LogP) is 2.59. The summed E-state index contributed by atoms with van der Waals surface area (Å²) in [5.41, 5.74) is 0.849. The van der Waals surface area contributed by atoms with Crippen LogP contribution in [0.4, 0.5) is 5.69 Å². The molecule has 1 N–H and O–H groups in total. The maximum absolute atomic E-state index is 13.2. The Morgan fingerprint density at radius 2 is 1.88 bits per heavy atom. The van der Waals surface area contributed by atoms with Gasteiger partial charge in [0.1, 0.15) is 23.4 Å². The Morgan fingerprint density at radius 3 is 2.53 bits per heavy atom. The van der Waals surface area contributed by atoms with Gasteiger partial charge in [0, 0.05) is 31.2 Å². The Labute approximate surface area is 184 Å². The zero-order valence-corrected chi connectivity index (χ0v) is 17.9. The standard InChI is InChI=1S/C23H23N5O4/c1-23(2)13-27(14-23)19(29)12-28-20-16(4-3-9-24-20)10-18(22(28)31)21(30)25-11-15-5-7-17(26-32)8-6-15/h3-10H,11-14H2,1-2H3,(H,25,30). The molecule has 0 aliphatic carbocycles. The number of hydrogen-bond donors (Lipinski definition) is 1. The van der Waals surface area contributed by atoms with Crippen LogP contribution in [0.2, 0.25) is 0 Å². The van der Waals surface area contributed by atoms with Crippen LogP contribution in [0.15, 0.2) is 58.6 Å². The number of benzene rings is 1. The van der Waals surface area contributed by atoms with E-state index in [1.54, 1.807) is 47.5 Å². The molecule has 3 aromatic rings. The lowest BCUT2D eigenvalue weighted by Crippen LogP contribution is -2.56. The van der Waals surface area contributed by atoms with Crippen molar-refractivity contribution in [2.45, 2.75) is 26.9 Å². The first-order valence-electron chi connectivity index (χ1n) is 10.2.